The van der Waals surface area contributed by atoms with Gasteiger partial charge in [0.1, 0.15) is 11.5 Å². The zero-order valence-electron chi connectivity index (χ0n) is 21.6. The van der Waals surface area contributed by atoms with Crippen LogP contribution in [0.2, 0.25) is 0 Å². The maximum absolute atomic E-state index is 13.1. The summed E-state index contributed by atoms with van der Waals surface area (Å²) < 4.78 is 13.1. The third-order valence-corrected chi connectivity index (χ3v) is 7.22. The molecule has 1 N–H and O–H groups in total. The topological polar surface area (TPSA) is 72.0 Å². The molecule has 9 heteroatoms. The fourth-order valence-corrected chi connectivity index (χ4v) is 4.81. The van der Waals surface area contributed by atoms with Crippen LogP contribution in [0.4, 0.5) is 15.8 Å². The first-order valence-electron chi connectivity index (χ1n) is 13.0. The summed E-state index contributed by atoms with van der Waals surface area (Å²) in [6.45, 7) is 7.47. The molecule has 2 fully saturated rings. The molecule has 2 aliphatic heterocycles. The van der Waals surface area contributed by atoms with Gasteiger partial charge >= 0.3 is 0 Å². The molecule has 3 heterocycles. The number of aromatic nitrogens is 1. The predicted molar refractivity (Wildman–Crippen MR) is 146 cm³/mol. The number of piperazine rings is 2. The third-order valence-electron chi connectivity index (χ3n) is 7.22. The number of nitrogens with zero attached hydrogens (tertiary/aromatic N) is 5. The second-order valence-corrected chi connectivity index (χ2v) is 9.92. The summed E-state index contributed by atoms with van der Waals surface area (Å²) in [6, 6.07) is 17.6. The Kier molecular flexibility index (Phi) is 7.95. The van der Waals surface area contributed by atoms with Crippen molar-refractivity contribution in [3.05, 3.63) is 89.5 Å². The molecule has 2 saturated heterocycles. The Morgan fingerprint density at radius 2 is 1.53 bits per heavy atom. The number of likely N-dealkylation sites (N-methyl/N-ethyl adjacent to an activating group) is 1. The molecule has 3 aromatic rings. The highest BCUT2D eigenvalue weighted by Crippen LogP contribution is 2.20. The number of carbonyl (C=O) groups is 2. The van der Waals surface area contributed by atoms with E-state index in [9.17, 15) is 14.0 Å². The lowest BCUT2D eigenvalue weighted by atomic mass is 10.1. The molecule has 2 aromatic carbocycles. The third kappa shape index (κ3) is 6.35. The summed E-state index contributed by atoms with van der Waals surface area (Å²) in [7, 11) is 2.13. The van der Waals surface area contributed by atoms with Gasteiger partial charge in [0.2, 0.25) is 0 Å². The molecule has 2 amide bonds. The fourth-order valence-electron chi connectivity index (χ4n) is 4.81. The number of nitrogens with one attached hydrogen (secondary N) is 1. The summed E-state index contributed by atoms with van der Waals surface area (Å²) in [4.78, 5) is 38.7. The Balaban J connectivity index is 1.11. The molecular formula is C29H33FN6O2. The van der Waals surface area contributed by atoms with E-state index in [1.807, 2.05) is 24.3 Å². The lowest BCUT2D eigenvalue weighted by molar-refractivity contribution is 0.0627. The highest BCUT2D eigenvalue weighted by atomic mass is 19.1. The average molecular weight is 517 g/mol. The van der Waals surface area contributed by atoms with Crippen molar-refractivity contribution in [2.45, 2.75) is 6.54 Å². The van der Waals surface area contributed by atoms with E-state index in [4.69, 9.17) is 0 Å². The number of amides is 2. The van der Waals surface area contributed by atoms with Crippen molar-refractivity contribution >= 4 is 23.2 Å². The molecular weight excluding hydrogens is 483 g/mol. The van der Waals surface area contributed by atoms with E-state index >= 15 is 0 Å². The smallest absolute Gasteiger partial charge is 0.274 e. The average Bonchev–Trinajstić information content (AvgIpc) is 2.95. The van der Waals surface area contributed by atoms with Gasteiger partial charge in [-0.2, -0.15) is 0 Å². The van der Waals surface area contributed by atoms with Crippen molar-refractivity contribution in [2.24, 2.45) is 0 Å². The number of hydrogen-bond acceptors (Lipinski definition) is 6. The molecule has 0 aliphatic carbocycles. The van der Waals surface area contributed by atoms with E-state index in [0.29, 0.717) is 24.3 Å². The number of benzene rings is 2. The fraction of sp³-hybridized carbons (Fsp3) is 0.345. The molecule has 8 nitrogen and oxygen atoms in total. The van der Waals surface area contributed by atoms with Gasteiger partial charge in [-0.1, -0.05) is 12.1 Å². The summed E-state index contributed by atoms with van der Waals surface area (Å²) >= 11 is 0. The second kappa shape index (κ2) is 11.7. The van der Waals surface area contributed by atoms with Crippen molar-refractivity contribution in [1.29, 1.82) is 0 Å². The van der Waals surface area contributed by atoms with Crippen LogP contribution in [0.1, 0.15) is 26.4 Å². The van der Waals surface area contributed by atoms with Crippen LogP contribution < -0.4 is 10.2 Å². The molecule has 1 aromatic heterocycles. The molecule has 0 bridgehead atoms. The molecule has 0 spiro atoms. The second-order valence-electron chi connectivity index (χ2n) is 9.92. The molecule has 2 aliphatic rings. The zero-order chi connectivity index (χ0) is 26.5. The highest BCUT2D eigenvalue weighted by Gasteiger charge is 2.23. The van der Waals surface area contributed by atoms with Crippen LogP contribution in [0.15, 0.2) is 66.9 Å². The first kappa shape index (κ1) is 25.8. The minimum absolute atomic E-state index is 0.0922. The van der Waals surface area contributed by atoms with Crippen molar-refractivity contribution in [1.82, 2.24) is 19.7 Å². The van der Waals surface area contributed by atoms with Crippen LogP contribution in [0.5, 0.6) is 0 Å². The van der Waals surface area contributed by atoms with Gasteiger partial charge in [0.15, 0.2) is 0 Å². The van der Waals surface area contributed by atoms with Gasteiger partial charge in [-0.05, 0) is 61.1 Å². The Morgan fingerprint density at radius 1 is 0.842 bits per heavy atom. The van der Waals surface area contributed by atoms with Gasteiger partial charge in [0.25, 0.3) is 11.8 Å². The van der Waals surface area contributed by atoms with Gasteiger partial charge in [-0.15, -0.1) is 0 Å². The number of rotatable bonds is 6. The maximum atomic E-state index is 13.1. The lowest BCUT2D eigenvalue weighted by Gasteiger charge is -2.34. The monoisotopic (exact) mass is 516 g/mol. The molecule has 0 unspecified atom stereocenters. The summed E-state index contributed by atoms with van der Waals surface area (Å²) in [5.41, 5.74) is 3.62. The summed E-state index contributed by atoms with van der Waals surface area (Å²) in [5.74, 6) is -0.646. The minimum Gasteiger partial charge on any atom is -0.369 e. The Bertz CT molecular complexity index is 1230. The first-order valence-corrected chi connectivity index (χ1v) is 13.0. The van der Waals surface area contributed by atoms with Crippen molar-refractivity contribution in [3.8, 4) is 0 Å². The van der Waals surface area contributed by atoms with Crippen LogP contribution in [-0.2, 0) is 6.54 Å². The van der Waals surface area contributed by atoms with Crippen LogP contribution >= 0.6 is 0 Å². The van der Waals surface area contributed by atoms with Crippen LogP contribution in [0.25, 0.3) is 0 Å². The minimum atomic E-state index is -0.314. The van der Waals surface area contributed by atoms with E-state index in [2.05, 4.69) is 32.0 Å². The summed E-state index contributed by atoms with van der Waals surface area (Å²) in [5, 5.41) is 2.89. The van der Waals surface area contributed by atoms with Crippen molar-refractivity contribution in [3.63, 3.8) is 0 Å². The van der Waals surface area contributed by atoms with Crippen LogP contribution in [0, 0.1) is 5.82 Å². The molecule has 0 atom stereocenters. The van der Waals surface area contributed by atoms with Crippen molar-refractivity contribution in [2.75, 3.05) is 69.6 Å². The predicted octanol–water partition coefficient (Wildman–Crippen LogP) is 3.18. The summed E-state index contributed by atoms with van der Waals surface area (Å²) in [6.07, 6.45) is 1.47. The molecule has 198 valence electrons. The number of hydrogen-bond donors (Lipinski definition) is 1. The van der Waals surface area contributed by atoms with E-state index in [1.165, 1.54) is 18.3 Å². The van der Waals surface area contributed by atoms with E-state index in [-0.39, 0.29) is 23.3 Å². The number of pyridine rings is 1. The first-order chi connectivity index (χ1) is 18.4. The number of carbonyl (C=O) groups excluding carboxylic acids is 2. The Hall–Kier alpha value is -3.82. The van der Waals surface area contributed by atoms with E-state index in [0.717, 1.165) is 57.1 Å². The van der Waals surface area contributed by atoms with Gasteiger partial charge in [-0.3, -0.25) is 19.5 Å². The van der Waals surface area contributed by atoms with Crippen LogP contribution in [-0.4, -0.2) is 90.9 Å². The number of anilines is 2. The normalized spacial score (nSPS) is 16.9. The van der Waals surface area contributed by atoms with Crippen molar-refractivity contribution < 1.29 is 14.0 Å². The maximum Gasteiger partial charge on any atom is 0.274 e. The molecule has 38 heavy (non-hydrogen) atoms. The lowest BCUT2D eigenvalue weighted by Crippen LogP contribution is -2.48. The highest BCUT2D eigenvalue weighted by molar-refractivity contribution is 6.03. The van der Waals surface area contributed by atoms with Gasteiger partial charge in [0.05, 0.1) is 5.56 Å². The molecule has 0 saturated carbocycles. The molecule has 5 rings (SSSR count). The zero-order valence-corrected chi connectivity index (χ0v) is 21.6. The van der Waals surface area contributed by atoms with E-state index in [1.54, 1.807) is 29.2 Å². The quantitative estimate of drug-likeness (QED) is 0.543. The van der Waals surface area contributed by atoms with Gasteiger partial charge in [-0.25, -0.2) is 4.39 Å². The molecule has 0 radical (unpaired) electrons. The standard InChI is InChI=1S/C29H33FN6O2/c1-33-12-16-35(17-13-33)26-9-7-25(8-10-26)32-28(37)27-11-4-23(20-31-27)29(38)36-18-14-34(15-19-36)21-22-2-5-24(30)6-3-22/h2-11,20H,12-19,21H2,1H3,(H,32,37). The SMILES string of the molecule is CN1CCN(c2ccc(NC(=O)c3ccc(C(=O)N4CCN(Cc5ccc(F)cc5)CC4)cn3)cc2)CC1. The largest absolute Gasteiger partial charge is 0.369 e. The number of halogens is 1. The van der Waals surface area contributed by atoms with Crippen LogP contribution in [0.3, 0.4) is 0 Å². The Labute approximate surface area is 222 Å². The van der Waals surface area contributed by atoms with Gasteiger partial charge in [0, 0.05) is 76.5 Å². The Morgan fingerprint density at radius 3 is 2.16 bits per heavy atom. The van der Waals surface area contributed by atoms with Gasteiger partial charge < -0.3 is 20.0 Å². The van der Waals surface area contributed by atoms with E-state index < -0.39 is 0 Å².